The number of rotatable bonds is 6. The molecule has 3 aromatic rings. The van der Waals surface area contributed by atoms with Gasteiger partial charge in [-0.2, -0.15) is 0 Å². The summed E-state index contributed by atoms with van der Waals surface area (Å²) < 4.78 is 10.3. The van der Waals surface area contributed by atoms with Crippen LogP contribution >= 0.6 is 0 Å². The second kappa shape index (κ2) is 8.88. The first-order chi connectivity index (χ1) is 13.9. The van der Waals surface area contributed by atoms with Crippen LogP contribution in [0.4, 0.5) is 11.4 Å². The summed E-state index contributed by atoms with van der Waals surface area (Å²) in [6.07, 6.45) is 0.348. The van der Waals surface area contributed by atoms with Gasteiger partial charge in [0, 0.05) is 5.69 Å². The molecule has 0 aliphatic rings. The highest BCUT2D eigenvalue weighted by Crippen LogP contribution is 2.19. The number of anilines is 2. The van der Waals surface area contributed by atoms with Crippen LogP contribution in [0.2, 0.25) is 0 Å². The van der Waals surface area contributed by atoms with E-state index in [-0.39, 0.29) is 17.0 Å². The molecule has 0 saturated carbocycles. The van der Waals surface area contributed by atoms with Crippen LogP contribution in [-0.4, -0.2) is 23.9 Å². The number of para-hydroxylation sites is 1. The molecule has 148 valence electrons. The Balaban J connectivity index is 1.67. The first-order valence-electron chi connectivity index (χ1n) is 8.96. The van der Waals surface area contributed by atoms with Crippen molar-refractivity contribution in [3.05, 3.63) is 83.8 Å². The van der Waals surface area contributed by atoms with E-state index in [0.29, 0.717) is 5.69 Å². The third-order valence-electron chi connectivity index (χ3n) is 4.08. The van der Waals surface area contributed by atoms with Crippen LogP contribution in [0.25, 0.3) is 0 Å². The molecule has 0 saturated heterocycles. The number of benzene rings is 2. The summed E-state index contributed by atoms with van der Waals surface area (Å²) in [7, 11) is 0. The Labute approximate surface area is 167 Å². The van der Waals surface area contributed by atoms with E-state index in [4.69, 9.17) is 9.15 Å². The molecule has 7 nitrogen and oxygen atoms in total. The predicted octanol–water partition coefficient (Wildman–Crippen LogP) is 4.02. The molecule has 29 heavy (non-hydrogen) atoms. The number of carbonyl (C=O) groups is 3. The Morgan fingerprint density at radius 1 is 0.966 bits per heavy atom. The Bertz CT molecular complexity index is 1030. The van der Waals surface area contributed by atoms with E-state index in [9.17, 15) is 14.4 Å². The van der Waals surface area contributed by atoms with Gasteiger partial charge in [0.2, 0.25) is 0 Å². The lowest BCUT2D eigenvalue weighted by atomic mass is 10.1. The van der Waals surface area contributed by atoms with Gasteiger partial charge < -0.3 is 19.8 Å². The minimum Gasteiger partial charge on any atom is -0.459 e. The number of carbonyl (C=O) groups excluding carboxylic acids is 3. The fourth-order valence-corrected chi connectivity index (χ4v) is 2.61. The lowest BCUT2D eigenvalue weighted by molar-refractivity contribution is -0.123. The predicted molar refractivity (Wildman–Crippen MR) is 108 cm³/mol. The van der Waals surface area contributed by atoms with Gasteiger partial charge in [-0.25, -0.2) is 4.79 Å². The van der Waals surface area contributed by atoms with Gasteiger partial charge in [-0.1, -0.05) is 24.3 Å². The Morgan fingerprint density at radius 2 is 1.76 bits per heavy atom. The van der Waals surface area contributed by atoms with Crippen molar-refractivity contribution in [3.8, 4) is 0 Å². The third-order valence-corrected chi connectivity index (χ3v) is 4.08. The molecule has 0 bridgehead atoms. The van der Waals surface area contributed by atoms with E-state index in [0.717, 1.165) is 5.56 Å². The normalized spacial score (nSPS) is 11.4. The van der Waals surface area contributed by atoms with Crippen LogP contribution in [-0.2, 0) is 9.53 Å². The smallest absolute Gasteiger partial charge is 0.341 e. The molecular formula is C22H20N2O5. The molecule has 2 N–H and O–H groups in total. The highest BCUT2D eigenvalue weighted by molar-refractivity contribution is 6.07. The van der Waals surface area contributed by atoms with Crippen molar-refractivity contribution in [2.24, 2.45) is 0 Å². The number of aryl methyl sites for hydroxylation is 1. The summed E-state index contributed by atoms with van der Waals surface area (Å²) in [4.78, 5) is 37.1. The zero-order valence-electron chi connectivity index (χ0n) is 16.0. The fraction of sp³-hybridized carbons (Fsp3) is 0.136. The van der Waals surface area contributed by atoms with Crippen LogP contribution in [0.1, 0.15) is 33.4 Å². The first-order valence-corrected chi connectivity index (χ1v) is 8.96. The Morgan fingerprint density at radius 3 is 2.48 bits per heavy atom. The summed E-state index contributed by atoms with van der Waals surface area (Å²) >= 11 is 0. The summed E-state index contributed by atoms with van der Waals surface area (Å²) in [6, 6.07) is 16.8. The number of furan rings is 1. The van der Waals surface area contributed by atoms with Gasteiger partial charge in [0.15, 0.2) is 11.9 Å². The number of hydrogen-bond acceptors (Lipinski definition) is 5. The van der Waals surface area contributed by atoms with Crippen LogP contribution in [0, 0.1) is 6.92 Å². The number of amides is 2. The van der Waals surface area contributed by atoms with Crippen molar-refractivity contribution in [1.29, 1.82) is 0 Å². The van der Waals surface area contributed by atoms with E-state index in [1.54, 1.807) is 30.3 Å². The average molecular weight is 392 g/mol. The van der Waals surface area contributed by atoms with Crippen LogP contribution in [0.3, 0.4) is 0 Å². The molecule has 0 aliphatic carbocycles. The topological polar surface area (TPSA) is 97.6 Å². The molecule has 0 radical (unpaired) electrons. The summed E-state index contributed by atoms with van der Waals surface area (Å²) in [6.45, 7) is 3.39. The van der Waals surface area contributed by atoms with Gasteiger partial charge >= 0.3 is 5.97 Å². The molecule has 1 atom stereocenters. The fourth-order valence-electron chi connectivity index (χ4n) is 2.61. The minimum atomic E-state index is -1.03. The molecule has 0 fully saturated rings. The molecule has 0 unspecified atom stereocenters. The molecule has 2 aromatic carbocycles. The summed E-state index contributed by atoms with van der Waals surface area (Å²) in [5.74, 6) is -1.58. The number of hydrogen-bond donors (Lipinski definition) is 2. The van der Waals surface area contributed by atoms with Crippen LogP contribution in [0.15, 0.2) is 71.3 Å². The average Bonchev–Trinajstić information content (AvgIpc) is 3.23. The zero-order valence-corrected chi connectivity index (χ0v) is 16.0. The Kier molecular flexibility index (Phi) is 6.09. The van der Waals surface area contributed by atoms with Gasteiger partial charge in [-0.05, 0) is 55.8 Å². The standard InChI is InChI=1S/C22H20N2O5/c1-14-7-5-8-16(13-14)23-20(25)15(2)29-22(27)17-9-3-4-10-18(17)24-21(26)19-11-6-12-28-19/h3-13,15H,1-2H3,(H,23,25)(H,24,26)/t15-/m1/s1. The number of nitrogens with one attached hydrogen (secondary N) is 2. The van der Waals surface area contributed by atoms with E-state index < -0.39 is 23.9 Å². The second-order valence-corrected chi connectivity index (χ2v) is 6.38. The Hall–Kier alpha value is -3.87. The molecule has 1 heterocycles. The quantitative estimate of drug-likeness (QED) is 0.618. The van der Waals surface area contributed by atoms with Gasteiger partial charge in [0.05, 0.1) is 17.5 Å². The van der Waals surface area contributed by atoms with Crippen molar-refractivity contribution in [2.45, 2.75) is 20.0 Å². The van der Waals surface area contributed by atoms with Crippen LogP contribution < -0.4 is 10.6 Å². The van der Waals surface area contributed by atoms with Crippen molar-refractivity contribution in [1.82, 2.24) is 0 Å². The van der Waals surface area contributed by atoms with Crippen molar-refractivity contribution in [3.63, 3.8) is 0 Å². The summed E-state index contributed by atoms with van der Waals surface area (Å²) in [5.41, 5.74) is 1.99. The van der Waals surface area contributed by atoms with E-state index in [1.807, 2.05) is 25.1 Å². The van der Waals surface area contributed by atoms with Crippen molar-refractivity contribution >= 4 is 29.2 Å². The maximum absolute atomic E-state index is 12.6. The molecule has 0 spiro atoms. The van der Waals surface area contributed by atoms with E-state index in [2.05, 4.69) is 10.6 Å². The lowest BCUT2D eigenvalue weighted by Gasteiger charge is -2.15. The summed E-state index contributed by atoms with van der Waals surface area (Å²) in [5, 5.41) is 5.31. The number of ether oxygens (including phenoxy) is 1. The van der Waals surface area contributed by atoms with E-state index >= 15 is 0 Å². The molecule has 1 aromatic heterocycles. The molecule has 0 aliphatic heterocycles. The van der Waals surface area contributed by atoms with Gasteiger partial charge in [0.1, 0.15) is 0 Å². The lowest BCUT2D eigenvalue weighted by Crippen LogP contribution is -2.30. The van der Waals surface area contributed by atoms with E-state index in [1.165, 1.54) is 25.3 Å². The van der Waals surface area contributed by atoms with Crippen molar-refractivity contribution in [2.75, 3.05) is 10.6 Å². The minimum absolute atomic E-state index is 0.110. The monoisotopic (exact) mass is 392 g/mol. The third kappa shape index (κ3) is 5.10. The molecule has 7 heteroatoms. The van der Waals surface area contributed by atoms with Gasteiger partial charge in [0.25, 0.3) is 11.8 Å². The molecular weight excluding hydrogens is 372 g/mol. The van der Waals surface area contributed by atoms with Gasteiger partial charge in [-0.15, -0.1) is 0 Å². The number of esters is 1. The SMILES string of the molecule is Cc1cccc(NC(=O)[C@@H](C)OC(=O)c2ccccc2NC(=O)c2ccco2)c1. The molecule has 3 rings (SSSR count). The molecule has 2 amide bonds. The maximum atomic E-state index is 12.6. The zero-order chi connectivity index (χ0) is 20.8. The first kappa shape index (κ1) is 19.9. The second-order valence-electron chi connectivity index (χ2n) is 6.38. The highest BCUT2D eigenvalue weighted by Gasteiger charge is 2.22. The highest BCUT2D eigenvalue weighted by atomic mass is 16.5. The van der Waals surface area contributed by atoms with Gasteiger partial charge in [-0.3, -0.25) is 9.59 Å². The maximum Gasteiger partial charge on any atom is 0.341 e. The van der Waals surface area contributed by atoms with Crippen LogP contribution in [0.5, 0.6) is 0 Å². The largest absolute Gasteiger partial charge is 0.459 e. The van der Waals surface area contributed by atoms with Crippen molar-refractivity contribution < 1.29 is 23.5 Å².